The van der Waals surface area contributed by atoms with E-state index < -0.39 is 0 Å². The first-order valence-corrected chi connectivity index (χ1v) is 9.51. The number of hydrogen-bond acceptors (Lipinski definition) is 3. The van der Waals surface area contributed by atoms with Crippen molar-refractivity contribution >= 4 is 5.91 Å². The summed E-state index contributed by atoms with van der Waals surface area (Å²) in [5.41, 5.74) is 5.90. The zero-order valence-electron chi connectivity index (χ0n) is 16.2. The van der Waals surface area contributed by atoms with Gasteiger partial charge in [0.2, 0.25) is 0 Å². The lowest BCUT2D eigenvalue weighted by Crippen LogP contribution is -2.29. The molecule has 3 rings (SSSR count). The Balaban J connectivity index is 1.39. The molecule has 0 bridgehead atoms. The Morgan fingerprint density at radius 1 is 1.08 bits per heavy atom. The number of aryl methyl sites for hydroxylation is 3. The van der Waals surface area contributed by atoms with Gasteiger partial charge >= 0.3 is 0 Å². The molecule has 0 fully saturated rings. The van der Waals surface area contributed by atoms with Crippen LogP contribution in [0.25, 0.3) is 0 Å². The van der Waals surface area contributed by atoms with Crippen LogP contribution in [0.15, 0.2) is 36.7 Å². The van der Waals surface area contributed by atoms with Gasteiger partial charge in [-0.3, -0.25) is 9.78 Å². The summed E-state index contributed by atoms with van der Waals surface area (Å²) in [6.45, 7) is 7.89. The third-order valence-electron chi connectivity index (χ3n) is 5.32. The standard InChI is InChI=1S/C22H29N3O/c1-17-14-20-16-25(22(26)21(20)15-18(17)2)13-5-12-24(3)11-4-6-19-7-9-23-10-8-19/h7-10,14-15H,4-6,11-13,16H2,1-3H3. The van der Waals surface area contributed by atoms with Crippen molar-refractivity contribution in [1.82, 2.24) is 14.8 Å². The molecule has 0 radical (unpaired) electrons. The molecule has 4 nitrogen and oxygen atoms in total. The van der Waals surface area contributed by atoms with Crippen LogP contribution in [-0.2, 0) is 13.0 Å². The second-order valence-electron chi connectivity index (χ2n) is 7.44. The minimum absolute atomic E-state index is 0.198. The number of carbonyl (C=O) groups excluding carboxylic acids is 1. The molecule has 0 unspecified atom stereocenters. The van der Waals surface area contributed by atoms with Crippen LogP contribution in [0.2, 0.25) is 0 Å². The summed E-state index contributed by atoms with van der Waals surface area (Å²) in [4.78, 5) is 21.0. The molecule has 26 heavy (non-hydrogen) atoms. The Morgan fingerprint density at radius 3 is 2.54 bits per heavy atom. The van der Waals surface area contributed by atoms with Gasteiger partial charge in [-0.05, 0) is 93.7 Å². The van der Waals surface area contributed by atoms with Gasteiger partial charge in [0.25, 0.3) is 5.91 Å². The van der Waals surface area contributed by atoms with Crippen molar-refractivity contribution in [3.05, 3.63) is 64.5 Å². The van der Waals surface area contributed by atoms with Crippen LogP contribution in [0.1, 0.15) is 45.5 Å². The van der Waals surface area contributed by atoms with Crippen molar-refractivity contribution in [2.24, 2.45) is 0 Å². The van der Waals surface area contributed by atoms with Crippen LogP contribution in [0.5, 0.6) is 0 Å². The highest BCUT2D eigenvalue weighted by molar-refractivity contribution is 5.98. The lowest BCUT2D eigenvalue weighted by atomic mass is 10.0. The smallest absolute Gasteiger partial charge is 0.254 e. The molecule has 0 aliphatic carbocycles. The third kappa shape index (κ3) is 4.50. The van der Waals surface area contributed by atoms with Crippen molar-refractivity contribution < 1.29 is 4.79 Å². The van der Waals surface area contributed by atoms with Gasteiger partial charge in [0.05, 0.1) is 0 Å². The van der Waals surface area contributed by atoms with E-state index in [1.54, 1.807) is 0 Å². The predicted octanol–water partition coefficient (Wildman–Crippen LogP) is 3.61. The minimum atomic E-state index is 0.198. The fraction of sp³-hybridized carbons (Fsp3) is 0.455. The zero-order valence-corrected chi connectivity index (χ0v) is 16.2. The quantitative estimate of drug-likeness (QED) is 0.729. The third-order valence-corrected chi connectivity index (χ3v) is 5.32. The van der Waals surface area contributed by atoms with Gasteiger partial charge in [0.1, 0.15) is 0 Å². The maximum atomic E-state index is 12.6. The van der Waals surface area contributed by atoms with Crippen LogP contribution in [0, 0.1) is 13.8 Å². The monoisotopic (exact) mass is 351 g/mol. The number of carbonyl (C=O) groups is 1. The highest BCUT2D eigenvalue weighted by Crippen LogP contribution is 2.25. The summed E-state index contributed by atoms with van der Waals surface area (Å²) in [6.07, 6.45) is 6.96. The summed E-state index contributed by atoms with van der Waals surface area (Å²) in [6, 6.07) is 8.40. The zero-order chi connectivity index (χ0) is 18.5. The molecule has 0 spiro atoms. The molecular weight excluding hydrogens is 322 g/mol. The normalized spacial score (nSPS) is 13.5. The SMILES string of the molecule is Cc1cc2c(cc1C)C(=O)N(CCCN(C)CCCc1ccncc1)C2. The first-order chi connectivity index (χ1) is 12.5. The van der Waals surface area contributed by atoms with Crippen molar-refractivity contribution in [3.63, 3.8) is 0 Å². The summed E-state index contributed by atoms with van der Waals surface area (Å²) in [5, 5.41) is 0. The van der Waals surface area contributed by atoms with E-state index in [2.05, 4.69) is 55.0 Å². The predicted molar refractivity (Wildman–Crippen MR) is 105 cm³/mol. The van der Waals surface area contributed by atoms with E-state index in [1.165, 1.54) is 22.3 Å². The Labute approximate surface area is 156 Å². The van der Waals surface area contributed by atoms with Gasteiger partial charge in [-0.25, -0.2) is 0 Å². The van der Waals surface area contributed by atoms with E-state index in [0.717, 1.165) is 51.0 Å². The fourth-order valence-corrected chi connectivity index (χ4v) is 3.58. The maximum Gasteiger partial charge on any atom is 0.254 e. The summed E-state index contributed by atoms with van der Waals surface area (Å²) in [7, 11) is 2.17. The second-order valence-corrected chi connectivity index (χ2v) is 7.44. The molecule has 2 heterocycles. The van der Waals surface area contributed by atoms with Gasteiger partial charge in [-0.15, -0.1) is 0 Å². The van der Waals surface area contributed by atoms with Crippen molar-refractivity contribution in [2.45, 2.75) is 39.7 Å². The van der Waals surface area contributed by atoms with Gasteiger partial charge in [0.15, 0.2) is 0 Å². The number of fused-ring (bicyclic) bond motifs is 1. The lowest BCUT2D eigenvalue weighted by molar-refractivity contribution is 0.0772. The Kier molecular flexibility index (Phi) is 6.04. The number of benzene rings is 1. The average molecular weight is 351 g/mol. The van der Waals surface area contributed by atoms with Crippen molar-refractivity contribution in [3.8, 4) is 0 Å². The van der Waals surface area contributed by atoms with Crippen molar-refractivity contribution in [2.75, 3.05) is 26.7 Å². The topological polar surface area (TPSA) is 36.4 Å². The van der Waals surface area contributed by atoms with Gasteiger partial charge in [-0.2, -0.15) is 0 Å². The fourth-order valence-electron chi connectivity index (χ4n) is 3.58. The van der Waals surface area contributed by atoms with Gasteiger partial charge in [-0.1, -0.05) is 6.07 Å². The number of pyridine rings is 1. The molecule has 1 aromatic carbocycles. The van der Waals surface area contributed by atoms with Crippen LogP contribution in [0.3, 0.4) is 0 Å². The first kappa shape index (κ1) is 18.6. The second kappa shape index (κ2) is 8.45. The molecule has 2 aromatic rings. The molecular formula is C22H29N3O. The molecule has 0 N–H and O–H groups in total. The van der Waals surface area contributed by atoms with E-state index in [-0.39, 0.29) is 5.91 Å². The molecule has 1 aromatic heterocycles. The largest absolute Gasteiger partial charge is 0.334 e. The van der Waals surface area contributed by atoms with Crippen LogP contribution >= 0.6 is 0 Å². The Hall–Kier alpha value is -2.20. The summed E-state index contributed by atoms with van der Waals surface area (Å²) in [5.74, 6) is 0.198. The van der Waals surface area contributed by atoms with Crippen LogP contribution in [0.4, 0.5) is 0 Å². The molecule has 0 saturated carbocycles. The van der Waals surface area contributed by atoms with E-state index in [1.807, 2.05) is 17.3 Å². The van der Waals surface area contributed by atoms with Gasteiger partial charge < -0.3 is 9.80 Å². The van der Waals surface area contributed by atoms with E-state index in [4.69, 9.17) is 0 Å². The lowest BCUT2D eigenvalue weighted by Gasteiger charge is -2.20. The number of amides is 1. The Morgan fingerprint density at radius 2 is 1.77 bits per heavy atom. The van der Waals surface area contributed by atoms with E-state index in [9.17, 15) is 4.79 Å². The molecule has 0 atom stereocenters. The molecule has 0 saturated heterocycles. The van der Waals surface area contributed by atoms with E-state index in [0.29, 0.717) is 0 Å². The number of hydrogen-bond donors (Lipinski definition) is 0. The summed E-state index contributed by atoms with van der Waals surface area (Å²) < 4.78 is 0. The first-order valence-electron chi connectivity index (χ1n) is 9.51. The highest BCUT2D eigenvalue weighted by Gasteiger charge is 2.27. The number of nitrogens with zero attached hydrogens (tertiary/aromatic N) is 3. The maximum absolute atomic E-state index is 12.6. The molecule has 4 heteroatoms. The van der Waals surface area contributed by atoms with Gasteiger partial charge in [0, 0.05) is 31.0 Å². The number of aromatic nitrogens is 1. The van der Waals surface area contributed by atoms with E-state index >= 15 is 0 Å². The molecule has 1 aliphatic heterocycles. The summed E-state index contributed by atoms with van der Waals surface area (Å²) >= 11 is 0. The van der Waals surface area contributed by atoms with Crippen LogP contribution < -0.4 is 0 Å². The minimum Gasteiger partial charge on any atom is -0.334 e. The van der Waals surface area contributed by atoms with Crippen molar-refractivity contribution in [1.29, 1.82) is 0 Å². The highest BCUT2D eigenvalue weighted by atomic mass is 16.2. The Bertz CT molecular complexity index is 757. The van der Waals surface area contributed by atoms with Crippen LogP contribution in [-0.4, -0.2) is 47.4 Å². The average Bonchev–Trinajstić information content (AvgIpc) is 2.92. The number of rotatable bonds is 8. The molecule has 1 aliphatic rings. The molecule has 138 valence electrons. The molecule has 1 amide bonds.